The minimum atomic E-state index is 0.0859. The maximum atomic E-state index is 9.21. The summed E-state index contributed by atoms with van der Waals surface area (Å²) >= 11 is 0. The van der Waals surface area contributed by atoms with E-state index in [1.807, 2.05) is 29.2 Å². The van der Waals surface area contributed by atoms with Crippen LogP contribution in [0.2, 0.25) is 0 Å². The number of hydrogen-bond donors (Lipinski definition) is 2. The van der Waals surface area contributed by atoms with Crippen LogP contribution in [0.5, 0.6) is 5.75 Å². The van der Waals surface area contributed by atoms with Gasteiger partial charge in [-0.3, -0.25) is 10.8 Å². The van der Waals surface area contributed by atoms with Gasteiger partial charge in [0.05, 0.1) is 12.8 Å². The number of piperidine rings is 1. The lowest BCUT2D eigenvalue weighted by molar-refractivity contribution is 0.344. The zero-order valence-corrected chi connectivity index (χ0v) is 12.1. The Hall–Kier alpha value is -2.55. The second-order valence-corrected chi connectivity index (χ2v) is 4.78. The third-order valence-corrected chi connectivity index (χ3v) is 3.40. The molecule has 1 heterocycles. The van der Waals surface area contributed by atoms with Gasteiger partial charge in [0, 0.05) is 13.1 Å². The van der Waals surface area contributed by atoms with Gasteiger partial charge in [0.25, 0.3) is 0 Å². The lowest BCUT2D eigenvalue weighted by Crippen LogP contribution is -2.39. The van der Waals surface area contributed by atoms with Gasteiger partial charge in [-0.05, 0) is 31.4 Å². The van der Waals surface area contributed by atoms with Crippen LogP contribution in [-0.4, -0.2) is 36.6 Å². The Morgan fingerprint density at radius 3 is 2.71 bits per heavy atom. The number of nitriles is 1. The number of methoxy groups -OCH3 is 1. The van der Waals surface area contributed by atoms with Crippen molar-refractivity contribution in [2.45, 2.75) is 19.3 Å². The first-order valence-corrected chi connectivity index (χ1v) is 6.97. The number of rotatable bonds is 4. The number of nitrogens with zero attached hydrogens (tertiary/aromatic N) is 3. The smallest absolute Gasteiger partial charge is 0.202 e. The molecule has 0 unspecified atom stereocenters. The zero-order chi connectivity index (χ0) is 15.1. The van der Waals surface area contributed by atoms with Crippen LogP contribution in [0.25, 0.3) is 0 Å². The molecule has 21 heavy (non-hydrogen) atoms. The molecular weight excluding hydrogens is 266 g/mol. The van der Waals surface area contributed by atoms with Gasteiger partial charge in [0.1, 0.15) is 11.8 Å². The highest BCUT2D eigenvalue weighted by molar-refractivity contribution is 6.46. The molecule has 1 aliphatic heterocycles. The summed E-state index contributed by atoms with van der Waals surface area (Å²) in [5, 5.41) is 21.4. The maximum absolute atomic E-state index is 9.21. The summed E-state index contributed by atoms with van der Waals surface area (Å²) in [7, 11) is 1.57. The number of ether oxygens (including phenoxy) is 1. The lowest BCUT2D eigenvalue weighted by atomic mass is 10.1. The maximum Gasteiger partial charge on any atom is 0.202 e. The van der Waals surface area contributed by atoms with Crippen molar-refractivity contribution in [1.29, 1.82) is 10.7 Å². The Labute approximate surface area is 124 Å². The number of anilines is 1. The quantitative estimate of drug-likeness (QED) is 0.505. The average molecular weight is 285 g/mol. The van der Waals surface area contributed by atoms with E-state index in [4.69, 9.17) is 10.1 Å². The number of hydrazone groups is 1. The van der Waals surface area contributed by atoms with E-state index in [1.54, 1.807) is 13.2 Å². The Bertz CT molecular complexity index is 570. The van der Waals surface area contributed by atoms with E-state index >= 15 is 0 Å². The van der Waals surface area contributed by atoms with Crippen molar-refractivity contribution in [3.05, 3.63) is 24.3 Å². The molecule has 0 aromatic heterocycles. The van der Waals surface area contributed by atoms with E-state index in [1.165, 1.54) is 6.42 Å². The molecule has 0 spiro atoms. The van der Waals surface area contributed by atoms with E-state index < -0.39 is 0 Å². The molecule has 6 nitrogen and oxygen atoms in total. The molecule has 0 bridgehead atoms. The summed E-state index contributed by atoms with van der Waals surface area (Å²) in [6.07, 6.45) is 3.30. The molecule has 0 aliphatic carbocycles. The number of amidine groups is 1. The van der Waals surface area contributed by atoms with Gasteiger partial charge in [-0.25, -0.2) is 0 Å². The molecule has 6 heteroatoms. The van der Waals surface area contributed by atoms with Crippen LogP contribution in [0.4, 0.5) is 5.69 Å². The first-order chi connectivity index (χ1) is 10.3. The van der Waals surface area contributed by atoms with E-state index in [0.717, 1.165) is 25.9 Å². The third kappa shape index (κ3) is 3.72. The van der Waals surface area contributed by atoms with Crippen molar-refractivity contribution in [1.82, 2.24) is 4.90 Å². The number of benzene rings is 1. The zero-order valence-electron chi connectivity index (χ0n) is 12.1. The molecule has 110 valence electrons. The standard InChI is InChI=1S/C15H19N5O/c1-21-14-8-4-3-7-12(14)18-19-13(11-16)15(17)20-9-5-2-6-10-20/h3-4,7-8,17-18H,2,5-6,9-10H2,1H3/b17-15?,19-13+. The van der Waals surface area contributed by atoms with Gasteiger partial charge in [-0.2, -0.15) is 10.4 Å². The molecule has 2 rings (SSSR count). The number of likely N-dealkylation sites (tertiary alicyclic amines) is 1. The summed E-state index contributed by atoms with van der Waals surface area (Å²) in [6.45, 7) is 1.63. The molecule has 2 N–H and O–H groups in total. The summed E-state index contributed by atoms with van der Waals surface area (Å²) < 4.78 is 5.21. The minimum Gasteiger partial charge on any atom is -0.495 e. The van der Waals surface area contributed by atoms with Gasteiger partial charge >= 0.3 is 0 Å². The first kappa shape index (κ1) is 14.9. The second-order valence-electron chi connectivity index (χ2n) is 4.78. The highest BCUT2D eigenvalue weighted by Crippen LogP contribution is 2.22. The molecule has 1 saturated heterocycles. The van der Waals surface area contributed by atoms with Crippen molar-refractivity contribution in [3.8, 4) is 11.8 Å². The fraction of sp³-hybridized carbons (Fsp3) is 0.400. The van der Waals surface area contributed by atoms with Crippen molar-refractivity contribution in [2.75, 3.05) is 25.6 Å². The van der Waals surface area contributed by atoms with E-state index in [9.17, 15) is 5.26 Å². The monoisotopic (exact) mass is 285 g/mol. The number of hydrogen-bond acceptors (Lipinski definition) is 5. The Kier molecular flexibility index (Phi) is 5.16. The topological polar surface area (TPSA) is 84.5 Å². The Morgan fingerprint density at radius 1 is 1.33 bits per heavy atom. The van der Waals surface area contributed by atoms with Crippen LogP contribution in [0.1, 0.15) is 19.3 Å². The highest BCUT2D eigenvalue weighted by Gasteiger charge is 2.18. The Morgan fingerprint density at radius 2 is 2.05 bits per heavy atom. The minimum absolute atomic E-state index is 0.0859. The molecule has 1 aromatic rings. The second kappa shape index (κ2) is 7.29. The van der Waals surface area contributed by atoms with Crippen LogP contribution in [-0.2, 0) is 0 Å². The van der Waals surface area contributed by atoms with Crippen molar-refractivity contribution in [3.63, 3.8) is 0 Å². The molecular formula is C15H19N5O. The van der Waals surface area contributed by atoms with Crippen LogP contribution < -0.4 is 10.2 Å². The molecule has 0 radical (unpaired) electrons. The summed E-state index contributed by atoms with van der Waals surface area (Å²) in [5.41, 5.74) is 3.56. The molecule has 1 aromatic carbocycles. The molecule has 1 fully saturated rings. The van der Waals surface area contributed by atoms with E-state index in [2.05, 4.69) is 10.5 Å². The molecule has 0 saturated carbocycles. The number of para-hydroxylation sites is 2. The van der Waals surface area contributed by atoms with Gasteiger partial charge in [-0.1, -0.05) is 12.1 Å². The summed E-state index contributed by atoms with van der Waals surface area (Å²) in [5.74, 6) is 0.822. The molecule has 0 atom stereocenters. The van der Waals surface area contributed by atoms with Crippen molar-refractivity contribution in [2.24, 2.45) is 5.10 Å². The van der Waals surface area contributed by atoms with Gasteiger partial charge in [0.2, 0.25) is 5.71 Å². The first-order valence-electron chi connectivity index (χ1n) is 6.97. The predicted molar refractivity (Wildman–Crippen MR) is 82.8 cm³/mol. The molecule has 1 aliphatic rings. The Balaban J connectivity index is 2.10. The normalized spacial score (nSPS) is 15.2. The van der Waals surface area contributed by atoms with Crippen LogP contribution >= 0.6 is 0 Å². The van der Waals surface area contributed by atoms with Crippen molar-refractivity contribution < 1.29 is 4.74 Å². The molecule has 0 amide bonds. The summed E-state index contributed by atoms with van der Waals surface area (Å²) in [4.78, 5) is 1.90. The highest BCUT2D eigenvalue weighted by atomic mass is 16.5. The van der Waals surface area contributed by atoms with Crippen molar-refractivity contribution >= 4 is 17.2 Å². The number of nitrogens with one attached hydrogen (secondary N) is 2. The van der Waals surface area contributed by atoms with Crippen LogP contribution in [0.3, 0.4) is 0 Å². The van der Waals surface area contributed by atoms with Gasteiger partial charge in [-0.15, -0.1) is 0 Å². The van der Waals surface area contributed by atoms with E-state index in [-0.39, 0.29) is 11.5 Å². The van der Waals surface area contributed by atoms with Crippen LogP contribution in [0, 0.1) is 16.7 Å². The SMILES string of the molecule is COc1ccccc1N/N=C(\C#N)C(=N)N1CCCCC1. The fourth-order valence-electron chi connectivity index (χ4n) is 2.25. The van der Waals surface area contributed by atoms with E-state index in [0.29, 0.717) is 11.4 Å². The third-order valence-electron chi connectivity index (χ3n) is 3.40. The van der Waals surface area contributed by atoms with Gasteiger partial charge in [0.15, 0.2) is 5.84 Å². The predicted octanol–water partition coefficient (Wildman–Crippen LogP) is 2.45. The fourth-order valence-corrected chi connectivity index (χ4v) is 2.25. The summed E-state index contributed by atoms with van der Waals surface area (Å²) in [6, 6.07) is 9.31. The lowest BCUT2D eigenvalue weighted by Gasteiger charge is -2.27. The average Bonchev–Trinajstić information content (AvgIpc) is 2.56. The van der Waals surface area contributed by atoms with Crippen LogP contribution in [0.15, 0.2) is 29.4 Å². The largest absolute Gasteiger partial charge is 0.495 e. The van der Waals surface area contributed by atoms with Gasteiger partial charge < -0.3 is 9.64 Å².